The van der Waals surface area contributed by atoms with Crippen LogP contribution < -0.4 is 5.32 Å². The summed E-state index contributed by atoms with van der Waals surface area (Å²) in [5.41, 5.74) is 2.60. The van der Waals surface area contributed by atoms with Crippen molar-refractivity contribution in [3.8, 4) is 0 Å². The molecule has 0 radical (unpaired) electrons. The molecular weight excluding hydrogens is 334 g/mol. The van der Waals surface area contributed by atoms with Gasteiger partial charge in [-0.05, 0) is 43.9 Å². The number of nitrogens with one attached hydrogen (secondary N) is 1. The second-order valence-electron chi connectivity index (χ2n) is 5.83. The Morgan fingerprint density at radius 3 is 2.83 bits per heavy atom. The summed E-state index contributed by atoms with van der Waals surface area (Å²) in [6.45, 7) is 3.88. The van der Waals surface area contributed by atoms with Crippen LogP contribution >= 0.6 is 22.9 Å². The first-order valence-electron chi connectivity index (χ1n) is 7.33. The lowest BCUT2D eigenvalue weighted by molar-refractivity contribution is 0.102. The third kappa shape index (κ3) is 2.60. The standard InChI is InChI=1S/C15H14ClN5OS/c1-7-5-8(2)11(10(16)6-7)17-13(22)14-20-21-12(9-3-4-9)18-19-15(21)23-14/h5-6,9H,3-4H2,1-2H3,(H,17,22). The number of nitrogens with zero attached hydrogens (tertiary/aromatic N) is 4. The van der Waals surface area contributed by atoms with E-state index in [1.54, 1.807) is 4.52 Å². The van der Waals surface area contributed by atoms with Crippen molar-refractivity contribution in [3.63, 3.8) is 0 Å². The maximum atomic E-state index is 12.5. The summed E-state index contributed by atoms with van der Waals surface area (Å²) in [5.74, 6) is 0.993. The van der Waals surface area contributed by atoms with Gasteiger partial charge >= 0.3 is 0 Å². The van der Waals surface area contributed by atoms with Gasteiger partial charge in [-0.1, -0.05) is 29.0 Å². The van der Waals surface area contributed by atoms with Gasteiger partial charge in [0.15, 0.2) is 5.82 Å². The molecule has 1 saturated carbocycles. The highest BCUT2D eigenvalue weighted by atomic mass is 35.5. The highest BCUT2D eigenvalue weighted by molar-refractivity contribution is 7.18. The van der Waals surface area contributed by atoms with Crippen molar-refractivity contribution in [1.29, 1.82) is 0 Å². The minimum Gasteiger partial charge on any atom is -0.318 e. The first-order valence-corrected chi connectivity index (χ1v) is 8.52. The summed E-state index contributed by atoms with van der Waals surface area (Å²) in [4.78, 5) is 13.1. The van der Waals surface area contributed by atoms with Gasteiger partial charge in [-0.25, -0.2) is 0 Å². The molecule has 8 heteroatoms. The molecule has 0 saturated heterocycles. The van der Waals surface area contributed by atoms with Gasteiger partial charge in [0, 0.05) is 5.92 Å². The quantitative estimate of drug-likeness (QED) is 0.786. The second-order valence-corrected chi connectivity index (χ2v) is 7.19. The molecular formula is C15H14ClN5OS. The van der Waals surface area contributed by atoms with Crippen LogP contribution in [-0.2, 0) is 0 Å². The van der Waals surface area contributed by atoms with E-state index in [-0.39, 0.29) is 5.91 Å². The van der Waals surface area contributed by atoms with Gasteiger partial charge in [0.1, 0.15) is 0 Å². The predicted molar refractivity (Wildman–Crippen MR) is 89.5 cm³/mol. The highest BCUT2D eigenvalue weighted by Gasteiger charge is 2.30. The van der Waals surface area contributed by atoms with E-state index >= 15 is 0 Å². The molecule has 1 aliphatic rings. The lowest BCUT2D eigenvalue weighted by atomic mass is 10.1. The molecule has 0 aliphatic heterocycles. The second kappa shape index (κ2) is 5.28. The molecule has 23 heavy (non-hydrogen) atoms. The monoisotopic (exact) mass is 347 g/mol. The van der Waals surface area contributed by atoms with E-state index in [9.17, 15) is 4.79 Å². The van der Waals surface area contributed by atoms with E-state index in [1.165, 1.54) is 11.3 Å². The van der Waals surface area contributed by atoms with E-state index in [0.29, 0.717) is 26.6 Å². The van der Waals surface area contributed by atoms with Gasteiger partial charge in [0.2, 0.25) is 9.97 Å². The van der Waals surface area contributed by atoms with Crippen molar-refractivity contribution in [3.05, 3.63) is 39.1 Å². The third-order valence-electron chi connectivity index (χ3n) is 3.82. The molecule has 1 amide bonds. The van der Waals surface area contributed by atoms with Crippen LogP contribution in [0, 0.1) is 13.8 Å². The number of fused-ring (bicyclic) bond motifs is 1. The predicted octanol–water partition coefficient (Wildman–Crippen LogP) is 3.59. The van der Waals surface area contributed by atoms with E-state index in [0.717, 1.165) is 29.8 Å². The van der Waals surface area contributed by atoms with E-state index in [4.69, 9.17) is 11.6 Å². The van der Waals surface area contributed by atoms with Crippen LogP contribution in [0.1, 0.15) is 45.5 Å². The fourth-order valence-corrected chi connectivity index (χ4v) is 3.67. The molecule has 0 spiro atoms. The van der Waals surface area contributed by atoms with Crippen LogP contribution in [0.2, 0.25) is 5.02 Å². The maximum absolute atomic E-state index is 12.5. The van der Waals surface area contributed by atoms with Gasteiger partial charge < -0.3 is 5.32 Å². The van der Waals surface area contributed by atoms with Crippen molar-refractivity contribution in [2.24, 2.45) is 0 Å². The number of hydrogen-bond donors (Lipinski definition) is 1. The molecule has 2 heterocycles. The van der Waals surface area contributed by atoms with E-state index < -0.39 is 0 Å². The molecule has 0 unspecified atom stereocenters. The maximum Gasteiger partial charge on any atom is 0.286 e. The molecule has 4 rings (SSSR count). The largest absolute Gasteiger partial charge is 0.318 e. The normalized spacial score (nSPS) is 14.4. The molecule has 118 valence electrons. The zero-order valence-corrected chi connectivity index (χ0v) is 14.2. The number of rotatable bonds is 3. The van der Waals surface area contributed by atoms with E-state index in [1.807, 2.05) is 26.0 Å². The Morgan fingerprint density at radius 1 is 1.35 bits per heavy atom. The lowest BCUT2D eigenvalue weighted by Crippen LogP contribution is -2.13. The Hall–Kier alpha value is -1.99. The number of carbonyl (C=O) groups excluding carboxylic acids is 1. The Morgan fingerprint density at radius 2 is 2.13 bits per heavy atom. The minimum absolute atomic E-state index is 0.281. The number of benzene rings is 1. The smallest absolute Gasteiger partial charge is 0.286 e. The van der Waals surface area contributed by atoms with Gasteiger partial charge in [-0.3, -0.25) is 4.79 Å². The topological polar surface area (TPSA) is 72.2 Å². The Kier molecular flexibility index (Phi) is 3.35. The van der Waals surface area contributed by atoms with E-state index in [2.05, 4.69) is 20.6 Å². The summed E-state index contributed by atoms with van der Waals surface area (Å²) in [5, 5.41) is 16.3. The molecule has 1 N–H and O–H groups in total. The first kappa shape index (κ1) is 14.6. The van der Waals surface area contributed by atoms with Crippen LogP contribution in [0.3, 0.4) is 0 Å². The Labute approximate surface area is 141 Å². The molecule has 1 fully saturated rings. The van der Waals surface area contributed by atoms with Crippen molar-refractivity contribution in [2.45, 2.75) is 32.6 Å². The molecule has 0 atom stereocenters. The van der Waals surface area contributed by atoms with Crippen LogP contribution in [0.4, 0.5) is 5.69 Å². The molecule has 2 aromatic heterocycles. The van der Waals surface area contributed by atoms with Crippen LogP contribution in [0.25, 0.3) is 4.96 Å². The summed E-state index contributed by atoms with van der Waals surface area (Å²) < 4.78 is 1.68. The number of amides is 1. The average Bonchev–Trinajstić information content (AvgIpc) is 3.10. The third-order valence-corrected chi connectivity index (χ3v) is 5.02. The van der Waals surface area contributed by atoms with Crippen molar-refractivity contribution < 1.29 is 4.79 Å². The van der Waals surface area contributed by atoms with Crippen LogP contribution in [0.5, 0.6) is 0 Å². The van der Waals surface area contributed by atoms with Crippen LogP contribution in [0.15, 0.2) is 12.1 Å². The number of hydrogen-bond acceptors (Lipinski definition) is 5. The highest BCUT2D eigenvalue weighted by Crippen LogP contribution is 2.39. The zero-order valence-electron chi connectivity index (χ0n) is 12.6. The fraction of sp³-hybridized carbons (Fsp3) is 0.333. The number of anilines is 1. The zero-order chi connectivity index (χ0) is 16.1. The molecule has 1 aliphatic carbocycles. The lowest BCUT2D eigenvalue weighted by Gasteiger charge is -2.10. The molecule has 6 nitrogen and oxygen atoms in total. The number of aryl methyl sites for hydroxylation is 2. The van der Waals surface area contributed by atoms with Crippen molar-refractivity contribution >= 4 is 39.5 Å². The SMILES string of the molecule is Cc1cc(C)c(NC(=O)c2nn3c(C4CC4)nnc3s2)c(Cl)c1. The first-order chi connectivity index (χ1) is 11.0. The van der Waals surface area contributed by atoms with Gasteiger partial charge in [-0.2, -0.15) is 4.52 Å². The fourth-order valence-electron chi connectivity index (χ4n) is 2.56. The number of aromatic nitrogens is 4. The summed E-state index contributed by atoms with van der Waals surface area (Å²) in [6.07, 6.45) is 2.22. The number of halogens is 1. The molecule has 3 aromatic rings. The summed E-state index contributed by atoms with van der Waals surface area (Å²) in [7, 11) is 0. The molecule has 1 aromatic carbocycles. The van der Waals surface area contributed by atoms with Gasteiger partial charge in [0.05, 0.1) is 10.7 Å². The van der Waals surface area contributed by atoms with Crippen molar-refractivity contribution in [1.82, 2.24) is 19.8 Å². The summed E-state index contributed by atoms with van der Waals surface area (Å²) >= 11 is 7.47. The molecule has 0 bridgehead atoms. The van der Waals surface area contributed by atoms with Crippen LogP contribution in [-0.4, -0.2) is 25.7 Å². The number of carbonyl (C=O) groups is 1. The Balaban J connectivity index is 1.64. The van der Waals surface area contributed by atoms with Gasteiger partial charge in [0.25, 0.3) is 5.91 Å². The van der Waals surface area contributed by atoms with Gasteiger partial charge in [-0.15, -0.1) is 15.3 Å². The summed E-state index contributed by atoms with van der Waals surface area (Å²) in [6, 6.07) is 3.80. The Bertz CT molecular complexity index is 904. The van der Waals surface area contributed by atoms with Crippen molar-refractivity contribution in [2.75, 3.05) is 5.32 Å². The average molecular weight is 348 g/mol. The minimum atomic E-state index is -0.281.